The maximum absolute atomic E-state index is 14.7. The van der Waals surface area contributed by atoms with Gasteiger partial charge in [-0.2, -0.15) is 5.10 Å². The molecule has 0 spiro atoms. The lowest BCUT2D eigenvalue weighted by Crippen LogP contribution is -2.35. The third kappa shape index (κ3) is 6.67. The van der Waals surface area contributed by atoms with Crippen molar-refractivity contribution < 1.29 is 23.1 Å². The van der Waals surface area contributed by atoms with Crippen LogP contribution < -0.4 is 10.2 Å². The van der Waals surface area contributed by atoms with Gasteiger partial charge >= 0.3 is 0 Å². The van der Waals surface area contributed by atoms with Crippen LogP contribution in [0.1, 0.15) is 54.6 Å². The minimum atomic E-state index is -0.815. The maximum atomic E-state index is 14.7. The molecule has 0 saturated carbocycles. The Hall–Kier alpha value is -4.53. The second kappa shape index (κ2) is 13.4. The normalized spacial score (nSPS) is 13.2. The fourth-order valence-corrected chi connectivity index (χ4v) is 4.97. The minimum Gasteiger partial charge on any atom is -0.494 e. The molecule has 1 aliphatic heterocycles. The topological polar surface area (TPSA) is 76.5 Å². The maximum Gasteiger partial charge on any atom is 0.251 e. The number of nitrogens with one attached hydrogen (secondary N) is 1. The van der Waals surface area contributed by atoms with Crippen LogP contribution in [0.4, 0.5) is 14.5 Å². The molecule has 1 aliphatic rings. The van der Waals surface area contributed by atoms with E-state index in [9.17, 15) is 18.4 Å². The highest BCUT2D eigenvalue weighted by Gasteiger charge is 2.25. The van der Waals surface area contributed by atoms with Gasteiger partial charge in [-0.1, -0.05) is 31.4 Å². The number of hydrogen-bond donors (Lipinski definition) is 1. The predicted molar refractivity (Wildman–Crippen MR) is 160 cm³/mol. The van der Waals surface area contributed by atoms with Gasteiger partial charge in [-0.3, -0.25) is 14.3 Å². The number of fused-ring (bicyclic) bond motifs is 1. The molecule has 2 amide bonds. The molecular formula is C33H36F2N4O3. The Bertz CT molecular complexity index is 1530. The van der Waals surface area contributed by atoms with Crippen LogP contribution in [0.2, 0.25) is 0 Å². The molecule has 0 saturated heterocycles. The van der Waals surface area contributed by atoms with Gasteiger partial charge < -0.3 is 15.0 Å². The first-order valence-electron chi connectivity index (χ1n) is 13.9. The number of carbonyl (C=O) groups excluding carboxylic acids is 2. The van der Waals surface area contributed by atoms with Crippen LogP contribution in [0.5, 0.6) is 0 Å². The van der Waals surface area contributed by atoms with Crippen molar-refractivity contribution in [1.82, 2.24) is 15.1 Å². The molecule has 0 unspecified atom stereocenters. The van der Waals surface area contributed by atoms with Crippen LogP contribution in [-0.2, 0) is 22.5 Å². The molecule has 0 fully saturated rings. The van der Waals surface area contributed by atoms with Crippen LogP contribution in [0.3, 0.4) is 0 Å². The zero-order valence-corrected chi connectivity index (χ0v) is 24.3. The zero-order valence-electron chi connectivity index (χ0n) is 24.3. The van der Waals surface area contributed by atoms with Crippen molar-refractivity contribution in [3.8, 4) is 11.1 Å². The molecule has 0 atom stereocenters. The molecule has 0 bridgehead atoms. The Morgan fingerprint density at radius 1 is 1.19 bits per heavy atom. The van der Waals surface area contributed by atoms with Crippen molar-refractivity contribution in [1.29, 1.82) is 0 Å². The SMILES string of the molecule is C=C/C(C)=C(/C)C(=C)OCCCC(=O)N1CCCc2c(-c3cnn(Cc4c(F)cc(C(=O)NC)cc4F)c3)cccc21. The number of carbonyl (C=O) groups is 2. The number of allylic oxidation sites excluding steroid dienone is 3. The Labute approximate surface area is 245 Å². The second-order valence-corrected chi connectivity index (χ2v) is 10.3. The molecule has 0 aliphatic carbocycles. The van der Waals surface area contributed by atoms with E-state index in [1.807, 2.05) is 36.9 Å². The number of benzene rings is 2. The quantitative estimate of drug-likeness (QED) is 0.165. The first-order valence-corrected chi connectivity index (χ1v) is 13.9. The van der Waals surface area contributed by atoms with Gasteiger partial charge in [0.25, 0.3) is 5.91 Å². The highest BCUT2D eigenvalue weighted by molar-refractivity contribution is 5.96. The summed E-state index contributed by atoms with van der Waals surface area (Å²) in [4.78, 5) is 26.8. The summed E-state index contributed by atoms with van der Waals surface area (Å²) in [6.07, 6.45) is 7.66. The highest BCUT2D eigenvalue weighted by atomic mass is 19.1. The number of amides is 2. The van der Waals surface area contributed by atoms with E-state index in [4.69, 9.17) is 4.74 Å². The van der Waals surface area contributed by atoms with Gasteiger partial charge in [0.05, 0.1) is 19.3 Å². The number of aromatic nitrogens is 2. The number of halogens is 2. The van der Waals surface area contributed by atoms with Crippen molar-refractivity contribution in [2.45, 2.75) is 46.1 Å². The summed E-state index contributed by atoms with van der Waals surface area (Å²) >= 11 is 0. The molecule has 3 aromatic rings. The molecule has 220 valence electrons. The molecule has 4 rings (SSSR count). The van der Waals surface area contributed by atoms with Crippen LogP contribution in [-0.4, -0.2) is 41.8 Å². The smallest absolute Gasteiger partial charge is 0.251 e. The van der Waals surface area contributed by atoms with Gasteiger partial charge in [0, 0.05) is 48.6 Å². The van der Waals surface area contributed by atoms with E-state index in [1.165, 1.54) is 11.7 Å². The lowest BCUT2D eigenvalue weighted by atomic mass is 9.93. The molecule has 42 heavy (non-hydrogen) atoms. The lowest BCUT2D eigenvalue weighted by Gasteiger charge is -2.31. The first kappa shape index (κ1) is 30.4. The van der Waals surface area contributed by atoms with E-state index in [1.54, 1.807) is 18.5 Å². The fraction of sp³-hybridized carbons (Fsp3) is 0.303. The third-order valence-electron chi connectivity index (χ3n) is 7.57. The number of nitrogens with zero attached hydrogens (tertiary/aromatic N) is 3. The molecule has 1 N–H and O–H groups in total. The Balaban J connectivity index is 1.45. The Morgan fingerprint density at radius 2 is 1.93 bits per heavy atom. The summed E-state index contributed by atoms with van der Waals surface area (Å²) in [5.41, 5.74) is 5.28. The standard InChI is InChI=1S/C33H36F2N4O3/c1-6-21(2)22(3)23(4)42-15-9-13-32(40)39-14-8-11-27-26(10-7-12-31(27)39)25-18-37-38(19-25)20-28-29(34)16-24(17-30(28)35)33(41)36-5/h6-7,10,12,16-19H,1,4,8-9,11,13-15,20H2,2-3,5H3,(H,36,41)/b22-21-. The van der Waals surface area contributed by atoms with Gasteiger partial charge in [-0.15, -0.1) is 0 Å². The number of rotatable bonds is 11. The van der Waals surface area contributed by atoms with Gasteiger partial charge in [0.15, 0.2) is 0 Å². The van der Waals surface area contributed by atoms with E-state index >= 15 is 0 Å². The average molecular weight is 575 g/mol. The predicted octanol–water partition coefficient (Wildman–Crippen LogP) is 6.35. The van der Waals surface area contributed by atoms with Crippen molar-refractivity contribution in [3.63, 3.8) is 0 Å². The van der Waals surface area contributed by atoms with Gasteiger partial charge in [0.2, 0.25) is 5.91 Å². The zero-order chi connectivity index (χ0) is 30.4. The molecule has 9 heteroatoms. The third-order valence-corrected chi connectivity index (χ3v) is 7.57. The summed E-state index contributed by atoms with van der Waals surface area (Å²) in [6, 6.07) is 7.85. The van der Waals surface area contributed by atoms with E-state index in [0.29, 0.717) is 31.8 Å². The van der Waals surface area contributed by atoms with Gasteiger partial charge in [-0.25, -0.2) is 8.78 Å². The van der Waals surface area contributed by atoms with E-state index in [-0.39, 0.29) is 23.6 Å². The van der Waals surface area contributed by atoms with Gasteiger partial charge in [0.1, 0.15) is 17.4 Å². The molecular weight excluding hydrogens is 538 g/mol. The molecule has 0 radical (unpaired) electrons. The minimum absolute atomic E-state index is 0.0266. The van der Waals surface area contributed by atoms with Crippen LogP contribution in [0.15, 0.2) is 78.9 Å². The van der Waals surface area contributed by atoms with E-state index in [2.05, 4.69) is 23.6 Å². The summed E-state index contributed by atoms with van der Waals surface area (Å²) in [5.74, 6) is -1.59. The molecule has 2 aromatic carbocycles. The van der Waals surface area contributed by atoms with Crippen molar-refractivity contribution >= 4 is 17.5 Å². The molecule has 7 nitrogen and oxygen atoms in total. The first-order chi connectivity index (χ1) is 20.1. The number of ether oxygens (including phenoxy) is 1. The fourth-order valence-electron chi connectivity index (χ4n) is 4.97. The largest absolute Gasteiger partial charge is 0.494 e. The van der Waals surface area contributed by atoms with Crippen molar-refractivity contribution in [2.24, 2.45) is 0 Å². The number of anilines is 1. The number of hydrogen-bond acceptors (Lipinski definition) is 4. The van der Waals surface area contributed by atoms with Crippen molar-refractivity contribution in [2.75, 3.05) is 25.1 Å². The average Bonchev–Trinajstić information content (AvgIpc) is 3.47. The summed E-state index contributed by atoms with van der Waals surface area (Å²) in [5, 5.41) is 6.69. The molecule has 1 aromatic heterocycles. The Kier molecular flexibility index (Phi) is 9.72. The summed E-state index contributed by atoms with van der Waals surface area (Å²) in [7, 11) is 1.40. The van der Waals surface area contributed by atoms with Crippen LogP contribution >= 0.6 is 0 Å². The van der Waals surface area contributed by atoms with Crippen LogP contribution in [0.25, 0.3) is 11.1 Å². The van der Waals surface area contributed by atoms with Crippen LogP contribution in [0, 0.1) is 11.6 Å². The highest BCUT2D eigenvalue weighted by Crippen LogP contribution is 2.36. The van der Waals surface area contributed by atoms with E-state index < -0.39 is 17.5 Å². The van der Waals surface area contributed by atoms with Crippen molar-refractivity contribution in [3.05, 3.63) is 107 Å². The van der Waals surface area contributed by atoms with E-state index in [0.717, 1.165) is 58.5 Å². The summed E-state index contributed by atoms with van der Waals surface area (Å²) < 4.78 is 36.6. The van der Waals surface area contributed by atoms with Gasteiger partial charge in [-0.05, 0) is 73.6 Å². The summed E-state index contributed by atoms with van der Waals surface area (Å²) in [6.45, 7) is 12.5. The lowest BCUT2D eigenvalue weighted by molar-refractivity contribution is -0.119. The Morgan fingerprint density at radius 3 is 2.62 bits per heavy atom. The second-order valence-electron chi connectivity index (χ2n) is 10.3. The molecule has 2 heterocycles. The monoisotopic (exact) mass is 574 g/mol.